The van der Waals surface area contributed by atoms with E-state index < -0.39 is 0 Å². The van der Waals surface area contributed by atoms with Gasteiger partial charge in [-0.1, -0.05) is 41.6 Å². The van der Waals surface area contributed by atoms with Crippen molar-refractivity contribution in [3.63, 3.8) is 0 Å². The minimum Gasteiger partial charge on any atom is -0.488 e. The number of thioether (sulfide) groups is 1. The molecule has 0 aromatic heterocycles. The summed E-state index contributed by atoms with van der Waals surface area (Å²) in [4.78, 5) is 8.90. The lowest BCUT2D eigenvalue weighted by atomic mass is 10.0. The van der Waals surface area contributed by atoms with Crippen molar-refractivity contribution < 1.29 is 9.47 Å². The van der Waals surface area contributed by atoms with E-state index in [0.29, 0.717) is 5.92 Å². The summed E-state index contributed by atoms with van der Waals surface area (Å²) in [6, 6.07) is 8.90. The predicted molar refractivity (Wildman–Crippen MR) is 150 cm³/mol. The van der Waals surface area contributed by atoms with Crippen LogP contribution in [0.2, 0.25) is 0 Å². The van der Waals surface area contributed by atoms with Crippen LogP contribution < -0.4 is 10.2 Å². The van der Waals surface area contributed by atoms with Crippen LogP contribution in [0.3, 0.4) is 0 Å². The van der Waals surface area contributed by atoms with Crippen molar-refractivity contribution in [2.75, 3.05) is 51.4 Å². The molecule has 0 unspecified atom stereocenters. The first-order valence-corrected chi connectivity index (χ1v) is 14.0. The first-order chi connectivity index (χ1) is 17.2. The molecule has 2 fully saturated rings. The number of methoxy groups -OCH3 is 1. The Kier molecular flexibility index (Phi) is 10.4. The quantitative estimate of drug-likeness (QED) is 0.270. The molecule has 1 aliphatic carbocycles. The van der Waals surface area contributed by atoms with E-state index in [9.17, 15) is 0 Å². The predicted octanol–water partition coefficient (Wildman–Crippen LogP) is 6.39. The Morgan fingerprint density at radius 2 is 1.91 bits per heavy atom. The van der Waals surface area contributed by atoms with Gasteiger partial charge < -0.3 is 19.7 Å². The van der Waals surface area contributed by atoms with Crippen molar-refractivity contribution in [3.8, 4) is 0 Å². The minimum absolute atomic E-state index is 0.458. The first-order valence-electron chi connectivity index (χ1n) is 13.2. The maximum absolute atomic E-state index is 6.00. The van der Waals surface area contributed by atoms with E-state index >= 15 is 0 Å². The molecule has 4 rings (SSSR count). The number of allylic oxidation sites excluding steroid dienone is 4. The molecule has 6 heteroatoms. The lowest BCUT2D eigenvalue weighted by Gasteiger charge is -2.23. The number of ether oxygens (including phenoxy) is 2. The van der Waals surface area contributed by atoms with Gasteiger partial charge in [-0.3, -0.25) is 4.99 Å². The molecule has 2 saturated heterocycles. The number of nitrogens with one attached hydrogen (secondary N) is 1. The van der Waals surface area contributed by atoms with Gasteiger partial charge in [0.1, 0.15) is 5.70 Å². The van der Waals surface area contributed by atoms with Gasteiger partial charge in [-0.25, -0.2) is 0 Å². The van der Waals surface area contributed by atoms with Crippen LogP contribution in [0.4, 0.5) is 5.69 Å². The van der Waals surface area contributed by atoms with Crippen molar-refractivity contribution in [2.24, 2.45) is 10.9 Å². The van der Waals surface area contributed by atoms with Crippen molar-refractivity contribution in [1.82, 2.24) is 5.32 Å². The number of benzene rings is 1. The highest BCUT2D eigenvalue weighted by Crippen LogP contribution is 2.37. The highest BCUT2D eigenvalue weighted by atomic mass is 32.2. The fraction of sp³-hybridized carbons (Fsp3) is 0.552. The molecule has 5 nitrogen and oxygen atoms in total. The van der Waals surface area contributed by atoms with Crippen LogP contribution in [0.1, 0.15) is 57.4 Å². The van der Waals surface area contributed by atoms with E-state index in [4.69, 9.17) is 14.5 Å². The van der Waals surface area contributed by atoms with Gasteiger partial charge in [-0.05, 0) is 81.4 Å². The van der Waals surface area contributed by atoms with Crippen LogP contribution in [-0.4, -0.2) is 52.7 Å². The number of hydrogen-bond acceptors (Lipinski definition) is 6. The molecule has 2 aliphatic heterocycles. The molecule has 0 amide bonds. The third-order valence-corrected chi connectivity index (χ3v) is 8.11. The molecular weight excluding hydrogens is 454 g/mol. The molecule has 1 N–H and O–H groups in total. The maximum atomic E-state index is 6.00. The Morgan fingerprint density at radius 3 is 2.71 bits per heavy atom. The minimum atomic E-state index is 0.458. The Bertz CT molecular complexity index is 922. The fourth-order valence-electron chi connectivity index (χ4n) is 4.76. The number of rotatable bonds is 7. The molecule has 0 bridgehead atoms. The van der Waals surface area contributed by atoms with Gasteiger partial charge in [-0.15, -0.1) is 0 Å². The standard InChI is InChI=1S/C29H41N3O2S/c1-23-6-3-8-27(9-4-7-23)35-29(33-2)28(31-22-24-14-20-34-21-15-24)25-10-12-26(13-11-25)32-18-5-16-30-17-19-32/h6,8,10-13,22,24,30H,3-5,7,9,14-21H2,1-2H3/b23-6-,27-8+,29-28+,31-22?. The average Bonchev–Trinajstić information content (AvgIpc) is 3.17. The Morgan fingerprint density at radius 1 is 1.09 bits per heavy atom. The molecule has 0 radical (unpaired) electrons. The topological polar surface area (TPSA) is 46.1 Å². The summed E-state index contributed by atoms with van der Waals surface area (Å²) in [6.45, 7) is 8.16. The van der Waals surface area contributed by atoms with E-state index in [2.05, 4.69) is 59.8 Å². The van der Waals surface area contributed by atoms with Gasteiger partial charge in [0, 0.05) is 50.3 Å². The molecular formula is C29H41N3O2S. The van der Waals surface area contributed by atoms with Gasteiger partial charge in [0.25, 0.3) is 0 Å². The van der Waals surface area contributed by atoms with E-state index in [-0.39, 0.29) is 0 Å². The number of nitrogens with zero attached hydrogens (tertiary/aromatic N) is 2. The van der Waals surface area contributed by atoms with Gasteiger partial charge in [0.05, 0.1) is 7.11 Å². The number of hydrogen-bond donors (Lipinski definition) is 1. The zero-order valence-corrected chi connectivity index (χ0v) is 22.2. The fourth-order valence-corrected chi connectivity index (χ4v) is 5.77. The van der Waals surface area contributed by atoms with Gasteiger partial charge in [0.15, 0.2) is 5.09 Å². The molecule has 190 valence electrons. The van der Waals surface area contributed by atoms with E-state index in [1.54, 1.807) is 18.9 Å². The van der Waals surface area contributed by atoms with E-state index in [1.165, 1.54) is 35.4 Å². The highest BCUT2D eigenvalue weighted by molar-refractivity contribution is 8.06. The second-order valence-electron chi connectivity index (χ2n) is 9.62. The first kappa shape index (κ1) is 26.1. The average molecular weight is 496 g/mol. The number of aliphatic imine (C=N–C) groups is 1. The second kappa shape index (κ2) is 13.9. The SMILES string of the molecule is CO/C(S/C1=C/C/C=C(/C)CCC1)=C(\N=CC1CCOCC1)c1ccc(N2CCCNCC2)cc1. The Balaban J connectivity index is 1.60. The van der Waals surface area contributed by atoms with Crippen LogP contribution in [0.25, 0.3) is 5.70 Å². The van der Waals surface area contributed by atoms with Gasteiger partial charge in [0.2, 0.25) is 0 Å². The Hall–Kier alpha value is -2.02. The zero-order chi connectivity index (χ0) is 24.3. The Labute approximate surface area is 215 Å². The van der Waals surface area contributed by atoms with Crippen LogP contribution in [0.5, 0.6) is 0 Å². The molecule has 0 spiro atoms. The van der Waals surface area contributed by atoms with Crippen molar-refractivity contribution in [3.05, 3.63) is 57.6 Å². The third-order valence-electron chi connectivity index (χ3n) is 6.94. The smallest absolute Gasteiger partial charge is 0.183 e. The van der Waals surface area contributed by atoms with Crippen LogP contribution in [-0.2, 0) is 9.47 Å². The monoisotopic (exact) mass is 495 g/mol. The zero-order valence-electron chi connectivity index (χ0n) is 21.4. The van der Waals surface area contributed by atoms with Crippen molar-refractivity contribution >= 4 is 29.4 Å². The third kappa shape index (κ3) is 7.99. The lowest BCUT2D eigenvalue weighted by molar-refractivity contribution is 0.0838. The van der Waals surface area contributed by atoms with Gasteiger partial charge >= 0.3 is 0 Å². The normalized spacial score (nSPS) is 24.5. The van der Waals surface area contributed by atoms with Crippen LogP contribution in [0.15, 0.2) is 57.0 Å². The van der Waals surface area contributed by atoms with Crippen LogP contribution in [0, 0.1) is 5.92 Å². The summed E-state index contributed by atoms with van der Waals surface area (Å²) in [7, 11) is 1.78. The van der Waals surface area contributed by atoms with Crippen LogP contribution >= 0.6 is 11.8 Å². The second-order valence-corrected chi connectivity index (χ2v) is 10.7. The number of anilines is 1. The largest absolute Gasteiger partial charge is 0.488 e. The summed E-state index contributed by atoms with van der Waals surface area (Å²) in [6.07, 6.45) is 14.5. The molecule has 2 heterocycles. The summed E-state index contributed by atoms with van der Waals surface area (Å²) in [5.74, 6) is 0.458. The van der Waals surface area contributed by atoms with Crippen molar-refractivity contribution in [2.45, 2.75) is 51.9 Å². The van der Waals surface area contributed by atoms with Crippen molar-refractivity contribution in [1.29, 1.82) is 0 Å². The maximum Gasteiger partial charge on any atom is 0.183 e. The lowest BCUT2D eigenvalue weighted by Crippen LogP contribution is -2.27. The molecule has 35 heavy (non-hydrogen) atoms. The summed E-state index contributed by atoms with van der Waals surface area (Å²) >= 11 is 1.75. The molecule has 1 aromatic carbocycles. The molecule has 0 saturated carbocycles. The summed E-state index contributed by atoms with van der Waals surface area (Å²) in [5.41, 5.74) is 4.82. The summed E-state index contributed by atoms with van der Waals surface area (Å²) < 4.78 is 11.5. The molecule has 3 aliphatic rings. The summed E-state index contributed by atoms with van der Waals surface area (Å²) in [5, 5.41) is 4.37. The van der Waals surface area contributed by atoms with E-state index in [1.807, 2.05) is 0 Å². The van der Waals surface area contributed by atoms with Gasteiger partial charge in [-0.2, -0.15) is 0 Å². The van der Waals surface area contributed by atoms with E-state index in [0.717, 1.165) is 81.4 Å². The molecule has 1 aromatic rings. The molecule has 0 atom stereocenters. The highest BCUT2D eigenvalue weighted by Gasteiger charge is 2.17.